The molecule has 1 aromatic carbocycles. The molecule has 5 rings (SSSR count). The number of nitrogens with one attached hydrogen (secondary N) is 3. The molecule has 1 saturated heterocycles. The molecule has 198 valence electrons. The fourth-order valence-electron chi connectivity index (χ4n) is 5.14. The minimum Gasteiger partial charge on any atom is -0.508 e. The molecular weight excluding hydrogens is 472 g/mol. The second-order valence-electron chi connectivity index (χ2n) is 10.3. The number of carbonyl (C=O) groups excluding carboxylic acids is 2. The lowest BCUT2D eigenvalue weighted by Crippen LogP contribution is -2.49. The maximum Gasteiger partial charge on any atom is 0.251 e. The molecule has 5 N–H and O–H groups in total. The molecule has 0 radical (unpaired) electrons. The Balaban J connectivity index is 1.24. The molecule has 10 heteroatoms. The van der Waals surface area contributed by atoms with Gasteiger partial charge in [0.05, 0.1) is 6.10 Å². The number of nitrogens with zero attached hydrogens (tertiary/aromatic N) is 3. The fraction of sp³-hybridized carbons (Fsp3) is 0.519. The number of aromatic hydroxyl groups is 1. The van der Waals surface area contributed by atoms with Crippen molar-refractivity contribution in [2.24, 2.45) is 0 Å². The zero-order valence-corrected chi connectivity index (χ0v) is 21.2. The summed E-state index contributed by atoms with van der Waals surface area (Å²) < 4.78 is 0. The van der Waals surface area contributed by atoms with Crippen molar-refractivity contribution in [3.63, 3.8) is 0 Å². The lowest BCUT2D eigenvalue weighted by atomic mass is 9.92. The van der Waals surface area contributed by atoms with Gasteiger partial charge in [0.1, 0.15) is 17.4 Å². The summed E-state index contributed by atoms with van der Waals surface area (Å²) in [6.45, 7) is 4.83. The lowest BCUT2D eigenvalue weighted by Gasteiger charge is -2.35. The summed E-state index contributed by atoms with van der Waals surface area (Å²) in [6, 6.07) is 9.02. The number of piperazine rings is 1. The Morgan fingerprint density at radius 3 is 2.62 bits per heavy atom. The smallest absolute Gasteiger partial charge is 0.251 e. The largest absolute Gasteiger partial charge is 0.508 e. The van der Waals surface area contributed by atoms with Crippen LogP contribution in [-0.2, 0) is 17.8 Å². The average molecular weight is 509 g/mol. The quantitative estimate of drug-likeness (QED) is 0.378. The number of benzene rings is 1. The number of aromatic nitrogens is 1. The standard InChI is InChI=1S/C27H36N6O4/c1-17(34)32-7-9-33(10-8-32)26-14-19(13-25(31-26)30-21-3-2-4-21)27(37)29-16-24(36)23-12-18-5-6-22(35)11-20(18)15-28-23/h5-6,11,13-14,21,23-24,28,35-36H,2-4,7-10,12,15-16H2,1H3,(H,29,37)(H,30,31)/t23-,24+/m0/s1. The first-order valence-corrected chi connectivity index (χ1v) is 13.2. The van der Waals surface area contributed by atoms with Gasteiger partial charge in [0.2, 0.25) is 5.91 Å². The summed E-state index contributed by atoms with van der Waals surface area (Å²) in [6.07, 6.45) is 3.23. The highest BCUT2D eigenvalue weighted by molar-refractivity contribution is 5.95. The van der Waals surface area contributed by atoms with Gasteiger partial charge in [-0.25, -0.2) is 4.98 Å². The molecule has 37 heavy (non-hydrogen) atoms. The van der Waals surface area contributed by atoms with Crippen molar-refractivity contribution in [1.29, 1.82) is 0 Å². The van der Waals surface area contributed by atoms with Crippen LogP contribution in [-0.4, -0.2) is 82.8 Å². The number of fused-ring (bicyclic) bond motifs is 1. The van der Waals surface area contributed by atoms with Gasteiger partial charge in [-0.2, -0.15) is 0 Å². The van der Waals surface area contributed by atoms with E-state index in [4.69, 9.17) is 4.98 Å². The van der Waals surface area contributed by atoms with Gasteiger partial charge in [-0.15, -0.1) is 0 Å². The molecule has 2 fully saturated rings. The van der Waals surface area contributed by atoms with E-state index in [9.17, 15) is 19.8 Å². The van der Waals surface area contributed by atoms with E-state index in [-0.39, 0.29) is 30.2 Å². The third-order valence-electron chi connectivity index (χ3n) is 7.70. The highest BCUT2D eigenvalue weighted by atomic mass is 16.3. The molecule has 0 bridgehead atoms. The van der Waals surface area contributed by atoms with Gasteiger partial charge in [-0.05, 0) is 61.1 Å². The van der Waals surface area contributed by atoms with E-state index in [2.05, 4.69) is 20.9 Å². The number of hydrogen-bond donors (Lipinski definition) is 5. The Labute approximate surface area is 217 Å². The third kappa shape index (κ3) is 5.97. The van der Waals surface area contributed by atoms with Crippen molar-refractivity contribution in [2.45, 2.75) is 57.3 Å². The maximum atomic E-state index is 13.2. The zero-order chi connectivity index (χ0) is 25.9. The van der Waals surface area contributed by atoms with E-state index in [0.717, 1.165) is 24.0 Å². The topological polar surface area (TPSA) is 130 Å². The Morgan fingerprint density at radius 2 is 1.92 bits per heavy atom. The summed E-state index contributed by atoms with van der Waals surface area (Å²) in [4.78, 5) is 33.6. The van der Waals surface area contributed by atoms with Crippen molar-refractivity contribution in [3.05, 3.63) is 47.0 Å². The van der Waals surface area contributed by atoms with E-state index in [1.165, 1.54) is 6.42 Å². The van der Waals surface area contributed by atoms with Crippen molar-refractivity contribution >= 4 is 23.5 Å². The number of hydrogen-bond acceptors (Lipinski definition) is 8. The number of aliphatic hydroxyl groups is 1. The van der Waals surface area contributed by atoms with Crippen LogP contribution >= 0.6 is 0 Å². The summed E-state index contributed by atoms with van der Waals surface area (Å²) >= 11 is 0. The van der Waals surface area contributed by atoms with E-state index >= 15 is 0 Å². The normalized spacial score (nSPS) is 20.5. The molecule has 1 aromatic heterocycles. The average Bonchev–Trinajstić information content (AvgIpc) is 2.88. The predicted molar refractivity (Wildman–Crippen MR) is 141 cm³/mol. The minimum atomic E-state index is -0.764. The number of pyridine rings is 1. The van der Waals surface area contributed by atoms with Crippen LogP contribution in [0.3, 0.4) is 0 Å². The lowest BCUT2D eigenvalue weighted by molar-refractivity contribution is -0.129. The molecule has 3 aliphatic rings. The fourth-order valence-corrected chi connectivity index (χ4v) is 5.14. The van der Waals surface area contributed by atoms with Crippen LogP contribution in [0.5, 0.6) is 5.75 Å². The molecule has 1 saturated carbocycles. The Hall–Kier alpha value is -3.37. The Kier molecular flexibility index (Phi) is 7.48. The predicted octanol–water partition coefficient (Wildman–Crippen LogP) is 1.23. The Bertz CT molecular complexity index is 1150. The molecule has 1 aliphatic carbocycles. The van der Waals surface area contributed by atoms with Gasteiger partial charge in [-0.3, -0.25) is 9.59 Å². The van der Waals surface area contributed by atoms with E-state index in [1.54, 1.807) is 31.2 Å². The molecular formula is C27H36N6O4. The van der Waals surface area contributed by atoms with E-state index in [1.807, 2.05) is 11.0 Å². The number of aliphatic hydroxyl groups excluding tert-OH is 1. The second-order valence-corrected chi connectivity index (χ2v) is 10.3. The molecule has 10 nitrogen and oxygen atoms in total. The van der Waals surface area contributed by atoms with Crippen LogP contribution < -0.4 is 20.9 Å². The minimum absolute atomic E-state index is 0.0701. The summed E-state index contributed by atoms with van der Waals surface area (Å²) in [5, 5.41) is 30.1. The number of rotatable bonds is 7. The summed E-state index contributed by atoms with van der Waals surface area (Å²) in [5.74, 6) is 1.43. The van der Waals surface area contributed by atoms with E-state index < -0.39 is 6.10 Å². The number of anilines is 2. The van der Waals surface area contributed by atoms with Gasteiger partial charge in [-0.1, -0.05) is 6.07 Å². The second kappa shape index (κ2) is 10.9. The first kappa shape index (κ1) is 25.3. The molecule has 2 amide bonds. The number of amides is 2. The monoisotopic (exact) mass is 508 g/mol. The van der Waals surface area contributed by atoms with Crippen molar-refractivity contribution in [3.8, 4) is 5.75 Å². The number of carbonyl (C=O) groups is 2. The van der Waals surface area contributed by atoms with Gasteiger partial charge in [0.15, 0.2) is 0 Å². The van der Waals surface area contributed by atoms with Crippen molar-refractivity contribution in [2.75, 3.05) is 42.9 Å². The number of phenols is 1. The molecule has 0 spiro atoms. The van der Waals surface area contributed by atoms with Crippen LogP contribution in [0, 0.1) is 0 Å². The van der Waals surface area contributed by atoms with Crippen LogP contribution in [0.25, 0.3) is 0 Å². The zero-order valence-electron chi connectivity index (χ0n) is 21.2. The summed E-state index contributed by atoms with van der Waals surface area (Å²) in [7, 11) is 0. The van der Waals surface area contributed by atoms with Crippen molar-refractivity contribution < 1.29 is 19.8 Å². The van der Waals surface area contributed by atoms with Crippen LogP contribution in [0.15, 0.2) is 30.3 Å². The molecule has 2 aliphatic heterocycles. The number of phenolic OH excluding ortho intramolecular Hbond substituents is 1. The van der Waals surface area contributed by atoms with Gasteiger partial charge >= 0.3 is 0 Å². The Morgan fingerprint density at radius 1 is 1.14 bits per heavy atom. The highest BCUT2D eigenvalue weighted by Gasteiger charge is 2.26. The van der Waals surface area contributed by atoms with Crippen LogP contribution in [0.4, 0.5) is 11.6 Å². The SMILES string of the molecule is CC(=O)N1CCN(c2cc(C(=O)NC[C@@H](O)[C@@H]3Cc4ccc(O)cc4CN3)cc(NC3CCC3)n2)CC1. The van der Waals surface area contributed by atoms with Gasteiger partial charge in [0.25, 0.3) is 5.91 Å². The third-order valence-corrected chi connectivity index (χ3v) is 7.70. The first-order valence-electron chi connectivity index (χ1n) is 13.2. The van der Waals surface area contributed by atoms with Crippen LogP contribution in [0.2, 0.25) is 0 Å². The first-order chi connectivity index (χ1) is 17.9. The van der Waals surface area contributed by atoms with E-state index in [0.29, 0.717) is 62.4 Å². The molecule has 2 atom stereocenters. The highest BCUT2D eigenvalue weighted by Crippen LogP contribution is 2.26. The maximum absolute atomic E-state index is 13.2. The van der Waals surface area contributed by atoms with Crippen LogP contribution in [0.1, 0.15) is 47.7 Å². The molecule has 3 heterocycles. The van der Waals surface area contributed by atoms with Gasteiger partial charge in [0, 0.05) is 63.8 Å². The van der Waals surface area contributed by atoms with Crippen molar-refractivity contribution in [1.82, 2.24) is 20.5 Å². The summed E-state index contributed by atoms with van der Waals surface area (Å²) in [5.41, 5.74) is 2.60. The molecule has 2 aromatic rings. The molecule has 0 unspecified atom stereocenters. The van der Waals surface area contributed by atoms with Gasteiger partial charge < -0.3 is 36.0 Å².